The normalized spacial score (nSPS) is 12.0. The molecule has 2 N–H and O–H groups in total. The van der Waals surface area contributed by atoms with Crippen LogP contribution >= 0.6 is 24.0 Å². The molecule has 0 aromatic heterocycles. The summed E-state index contributed by atoms with van der Waals surface area (Å²) in [5.74, 6) is 0.886. The van der Waals surface area contributed by atoms with Crippen molar-refractivity contribution < 1.29 is 4.74 Å². The molecular formula is C20H37IN4O. The van der Waals surface area contributed by atoms with Crippen molar-refractivity contribution in [3.63, 3.8) is 0 Å². The monoisotopic (exact) mass is 476 g/mol. The summed E-state index contributed by atoms with van der Waals surface area (Å²) in [5, 5.41) is 6.77. The van der Waals surface area contributed by atoms with Crippen molar-refractivity contribution in [1.82, 2.24) is 15.5 Å². The van der Waals surface area contributed by atoms with Gasteiger partial charge in [0, 0.05) is 45.3 Å². The average Bonchev–Trinajstić information content (AvgIpc) is 2.61. The van der Waals surface area contributed by atoms with Crippen molar-refractivity contribution in [2.75, 3.05) is 53.5 Å². The Morgan fingerprint density at radius 2 is 1.85 bits per heavy atom. The van der Waals surface area contributed by atoms with E-state index in [1.54, 1.807) is 7.11 Å². The van der Waals surface area contributed by atoms with Crippen molar-refractivity contribution in [2.24, 2.45) is 4.99 Å². The Balaban J connectivity index is 0.00000625. The van der Waals surface area contributed by atoms with Crippen molar-refractivity contribution in [3.05, 3.63) is 35.9 Å². The fraction of sp³-hybridized carbons (Fsp3) is 0.650. The number of nitrogens with zero attached hydrogens (tertiary/aromatic N) is 2. The minimum absolute atomic E-state index is 0. The molecule has 0 unspecified atom stereocenters. The van der Waals surface area contributed by atoms with Crippen LogP contribution in [0.3, 0.4) is 0 Å². The molecule has 0 amide bonds. The number of methoxy groups -OCH3 is 1. The summed E-state index contributed by atoms with van der Waals surface area (Å²) < 4.78 is 5.10. The van der Waals surface area contributed by atoms with Crippen LogP contribution in [-0.2, 0) is 10.2 Å². The molecule has 0 fully saturated rings. The molecule has 1 aromatic carbocycles. The molecular weight excluding hydrogens is 439 g/mol. The lowest BCUT2D eigenvalue weighted by molar-refractivity contribution is 0.180. The molecule has 0 spiro atoms. The van der Waals surface area contributed by atoms with Crippen LogP contribution in [0.2, 0.25) is 0 Å². The zero-order valence-electron chi connectivity index (χ0n) is 17.0. The van der Waals surface area contributed by atoms with Crippen molar-refractivity contribution >= 4 is 29.9 Å². The highest BCUT2D eigenvalue weighted by molar-refractivity contribution is 14.0. The van der Waals surface area contributed by atoms with E-state index < -0.39 is 0 Å². The van der Waals surface area contributed by atoms with Gasteiger partial charge in [-0.15, -0.1) is 24.0 Å². The molecule has 5 nitrogen and oxygen atoms in total. The number of guanidine groups is 1. The first-order valence-electron chi connectivity index (χ1n) is 9.24. The second-order valence-electron chi connectivity index (χ2n) is 7.02. The minimum Gasteiger partial charge on any atom is -0.385 e. The Labute approximate surface area is 177 Å². The molecule has 0 saturated heterocycles. The van der Waals surface area contributed by atoms with Gasteiger partial charge in [-0.05, 0) is 26.0 Å². The number of ether oxygens (including phenoxy) is 1. The summed E-state index contributed by atoms with van der Waals surface area (Å²) >= 11 is 0. The van der Waals surface area contributed by atoms with E-state index >= 15 is 0 Å². The van der Waals surface area contributed by atoms with Gasteiger partial charge in [0.05, 0.1) is 6.54 Å². The first-order valence-corrected chi connectivity index (χ1v) is 9.24. The SMILES string of the molecule is CCNC(=NCC(C)(C)c1ccccc1)NCCN(C)CCCOC.I. The van der Waals surface area contributed by atoms with Gasteiger partial charge in [-0.3, -0.25) is 4.99 Å². The largest absolute Gasteiger partial charge is 0.385 e. The molecule has 1 aromatic rings. The van der Waals surface area contributed by atoms with Crippen LogP contribution in [0, 0.1) is 0 Å². The standard InChI is InChI=1S/C20H36N4O.HI/c1-6-21-19(22-13-15-24(4)14-10-16-25-5)23-17-20(2,3)18-11-8-7-9-12-18;/h7-9,11-12H,6,10,13-17H2,1-5H3,(H2,21,22,23);1H. The van der Waals surface area contributed by atoms with E-state index in [9.17, 15) is 0 Å². The van der Waals surface area contributed by atoms with E-state index in [1.165, 1.54) is 5.56 Å². The topological polar surface area (TPSA) is 48.9 Å². The zero-order chi connectivity index (χ0) is 18.5. The lowest BCUT2D eigenvalue weighted by Crippen LogP contribution is -2.42. The van der Waals surface area contributed by atoms with E-state index in [2.05, 4.69) is 73.7 Å². The number of hydrogen-bond acceptors (Lipinski definition) is 3. The van der Waals surface area contributed by atoms with Crippen molar-refractivity contribution in [2.45, 2.75) is 32.6 Å². The van der Waals surface area contributed by atoms with E-state index in [0.717, 1.165) is 51.7 Å². The van der Waals surface area contributed by atoms with Gasteiger partial charge in [-0.25, -0.2) is 0 Å². The first-order chi connectivity index (χ1) is 12.0. The van der Waals surface area contributed by atoms with Crippen LogP contribution < -0.4 is 10.6 Å². The average molecular weight is 476 g/mol. The van der Waals surface area contributed by atoms with E-state index in [-0.39, 0.29) is 29.4 Å². The molecule has 0 aliphatic rings. The fourth-order valence-corrected chi connectivity index (χ4v) is 2.55. The highest BCUT2D eigenvalue weighted by atomic mass is 127. The van der Waals surface area contributed by atoms with Crippen LogP contribution in [0.25, 0.3) is 0 Å². The molecule has 26 heavy (non-hydrogen) atoms. The molecule has 0 saturated carbocycles. The third-order valence-corrected chi connectivity index (χ3v) is 4.21. The lowest BCUT2D eigenvalue weighted by Gasteiger charge is -2.24. The second-order valence-corrected chi connectivity index (χ2v) is 7.02. The molecule has 0 atom stereocenters. The Hall–Kier alpha value is -0.860. The highest BCUT2D eigenvalue weighted by Crippen LogP contribution is 2.22. The number of halogens is 1. The Bertz CT molecular complexity index is 494. The Morgan fingerprint density at radius 3 is 2.46 bits per heavy atom. The van der Waals surface area contributed by atoms with Gasteiger partial charge in [0.2, 0.25) is 0 Å². The summed E-state index contributed by atoms with van der Waals surface area (Å²) in [7, 11) is 3.89. The minimum atomic E-state index is 0. The number of benzene rings is 1. The van der Waals surface area contributed by atoms with Crippen molar-refractivity contribution in [1.29, 1.82) is 0 Å². The molecule has 0 heterocycles. The number of nitrogens with one attached hydrogen (secondary N) is 2. The van der Waals surface area contributed by atoms with Gasteiger partial charge >= 0.3 is 0 Å². The molecule has 0 aliphatic carbocycles. The summed E-state index contributed by atoms with van der Waals surface area (Å²) in [6, 6.07) is 10.6. The van der Waals surface area contributed by atoms with Gasteiger partial charge in [-0.2, -0.15) is 0 Å². The van der Waals surface area contributed by atoms with Gasteiger partial charge in [0.25, 0.3) is 0 Å². The summed E-state index contributed by atoms with van der Waals surface area (Å²) in [4.78, 5) is 7.10. The lowest BCUT2D eigenvalue weighted by atomic mass is 9.85. The van der Waals surface area contributed by atoms with Gasteiger partial charge in [0.1, 0.15) is 0 Å². The molecule has 150 valence electrons. The first kappa shape index (κ1) is 25.1. The van der Waals surface area contributed by atoms with Crippen LogP contribution in [0.4, 0.5) is 0 Å². The van der Waals surface area contributed by atoms with Gasteiger partial charge < -0.3 is 20.3 Å². The quantitative estimate of drug-likeness (QED) is 0.223. The smallest absolute Gasteiger partial charge is 0.191 e. The summed E-state index contributed by atoms with van der Waals surface area (Å²) in [6.45, 7) is 11.9. The van der Waals surface area contributed by atoms with Gasteiger partial charge in [0.15, 0.2) is 5.96 Å². The number of rotatable bonds is 11. The Kier molecular flexibility index (Phi) is 13.8. The number of aliphatic imine (C=N–C) groups is 1. The molecule has 0 radical (unpaired) electrons. The number of hydrogen-bond donors (Lipinski definition) is 2. The van der Waals surface area contributed by atoms with Crippen LogP contribution in [0.1, 0.15) is 32.8 Å². The fourth-order valence-electron chi connectivity index (χ4n) is 2.55. The van der Waals surface area contributed by atoms with Crippen molar-refractivity contribution in [3.8, 4) is 0 Å². The molecule has 1 rings (SSSR count). The van der Waals surface area contributed by atoms with E-state index in [1.807, 2.05) is 0 Å². The van der Waals surface area contributed by atoms with Crippen LogP contribution in [-0.4, -0.2) is 64.3 Å². The maximum atomic E-state index is 5.10. The highest BCUT2D eigenvalue weighted by Gasteiger charge is 2.19. The third kappa shape index (κ3) is 10.3. The van der Waals surface area contributed by atoms with E-state index in [0.29, 0.717) is 0 Å². The van der Waals surface area contributed by atoms with Gasteiger partial charge in [-0.1, -0.05) is 44.2 Å². The maximum absolute atomic E-state index is 5.10. The molecule has 0 aliphatic heterocycles. The second kappa shape index (κ2) is 14.2. The predicted molar refractivity (Wildman–Crippen MR) is 123 cm³/mol. The Morgan fingerprint density at radius 1 is 1.15 bits per heavy atom. The van der Waals surface area contributed by atoms with Crippen LogP contribution in [0.5, 0.6) is 0 Å². The molecule has 0 bridgehead atoms. The van der Waals surface area contributed by atoms with E-state index in [4.69, 9.17) is 9.73 Å². The summed E-state index contributed by atoms with van der Waals surface area (Å²) in [6.07, 6.45) is 1.06. The maximum Gasteiger partial charge on any atom is 0.191 e. The zero-order valence-corrected chi connectivity index (χ0v) is 19.4. The summed E-state index contributed by atoms with van der Waals surface area (Å²) in [5.41, 5.74) is 1.33. The third-order valence-electron chi connectivity index (χ3n) is 4.21. The predicted octanol–water partition coefficient (Wildman–Crippen LogP) is 3.11. The molecule has 6 heteroatoms. The number of likely N-dealkylation sites (N-methyl/N-ethyl adjacent to an activating group) is 1. The van der Waals surface area contributed by atoms with Crippen LogP contribution in [0.15, 0.2) is 35.3 Å².